The summed E-state index contributed by atoms with van der Waals surface area (Å²) in [5.74, 6) is 0.584. The average molecular weight is 270 g/mol. The summed E-state index contributed by atoms with van der Waals surface area (Å²) in [6.07, 6.45) is 8.69. The Labute approximate surface area is 115 Å². The number of rotatable bonds is 4. The third kappa shape index (κ3) is 2.37. The summed E-state index contributed by atoms with van der Waals surface area (Å²) in [7, 11) is 3.49. The summed E-state index contributed by atoms with van der Waals surface area (Å²) < 4.78 is 8.81. The minimum Gasteiger partial charge on any atom is -0.481 e. The van der Waals surface area contributed by atoms with Crippen LogP contribution >= 0.6 is 0 Å². The van der Waals surface area contributed by atoms with Crippen LogP contribution in [0.4, 0.5) is 0 Å². The van der Waals surface area contributed by atoms with Gasteiger partial charge in [0.25, 0.3) is 0 Å². The van der Waals surface area contributed by atoms with Gasteiger partial charge in [-0.25, -0.2) is 14.6 Å². The SMILES string of the molecule is COc1ncc(Cn2cncn2)cc1-c1cnn(C)c1. The third-order valence-corrected chi connectivity index (χ3v) is 2.93. The molecule has 20 heavy (non-hydrogen) atoms. The Balaban J connectivity index is 1.98. The van der Waals surface area contributed by atoms with E-state index in [4.69, 9.17) is 4.74 Å². The lowest BCUT2D eigenvalue weighted by Crippen LogP contribution is -2.02. The highest BCUT2D eigenvalue weighted by atomic mass is 16.5. The Hall–Kier alpha value is -2.70. The van der Waals surface area contributed by atoms with Crippen molar-refractivity contribution in [2.24, 2.45) is 7.05 Å². The van der Waals surface area contributed by atoms with Crippen LogP contribution in [0.3, 0.4) is 0 Å². The van der Waals surface area contributed by atoms with Gasteiger partial charge in [0.1, 0.15) is 12.7 Å². The van der Waals surface area contributed by atoms with Crippen LogP contribution in [0.15, 0.2) is 37.3 Å². The molecule has 0 fully saturated rings. The quantitative estimate of drug-likeness (QED) is 0.710. The number of hydrogen-bond donors (Lipinski definition) is 0. The molecule has 0 aromatic carbocycles. The smallest absolute Gasteiger partial charge is 0.221 e. The molecule has 0 amide bonds. The normalized spacial score (nSPS) is 10.7. The molecule has 0 aliphatic heterocycles. The summed E-state index contributed by atoms with van der Waals surface area (Å²) in [5, 5.41) is 8.27. The van der Waals surface area contributed by atoms with Gasteiger partial charge in [0.05, 0.1) is 19.9 Å². The van der Waals surface area contributed by atoms with E-state index in [9.17, 15) is 0 Å². The fourth-order valence-corrected chi connectivity index (χ4v) is 2.01. The predicted octanol–water partition coefficient (Wildman–Crippen LogP) is 1.13. The van der Waals surface area contributed by atoms with Gasteiger partial charge in [-0.1, -0.05) is 0 Å². The van der Waals surface area contributed by atoms with E-state index in [0.717, 1.165) is 16.7 Å². The molecule has 3 heterocycles. The number of methoxy groups -OCH3 is 1. The molecule has 7 heteroatoms. The van der Waals surface area contributed by atoms with Gasteiger partial charge in [0.2, 0.25) is 5.88 Å². The van der Waals surface area contributed by atoms with Crippen LogP contribution in [0.1, 0.15) is 5.56 Å². The zero-order valence-corrected chi connectivity index (χ0v) is 11.3. The summed E-state index contributed by atoms with van der Waals surface area (Å²) in [6, 6.07) is 2.03. The van der Waals surface area contributed by atoms with Gasteiger partial charge in [-0.15, -0.1) is 0 Å². The summed E-state index contributed by atoms with van der Waals surface area (Å²) in [4.78, 5) is 8.27. The molecule has 0 radical (unpaired) electrons. The molecule has 102 valence electrons. The monoisotopic (exact) mass is 270 g/mol. The predicted molar refractivity (Wildman–Crippen MR) is 72.1 cm³/mol. The van der Waals surface area contributed by atoms with Gasteiger partial charge in [0, 0.05) is 30.6 Å². The maximum Gasteiger partial charge on any atom is 0.221 e. The zero-order chi connectivity index (χ0) is 13.9. The van der Waals surface area contributed by atoms with Crippen LogP contribution in [0.5, 0.6) is 5.88 Å². The molecule has 3 aromatic heterocycles. The minimum atomic E-state index is 0.584. The number of aryl methyl sites for hydroxylation is 1. The third-order valence-electron chi connectivity index (χ3n) is 2.93. The van der Waals surface area contributed by atoms with E-state index >= 15 is 0 Å². The van der Waals surface area contributed by atoms with Crippen LogP contribution in [0.25, 0.3) is 11.1 Å². The minimum absolute atomic E-state index is 0.584. The maximum absolute atomic E-state index is 5.32. The first-order valence-electron chi connectivity index (χ1n) is 6.10. The van der Waals surface area contributed by atoms with E-state index in [-0.39, 0.29) is 0 Å². The van der Waals surface area contributed by atoms with Crippen molar-refractivity contribution in [3.63, 3.8) is 0 Å². The highest BCUT2D eigenvalue weighted by Gasteiger charge is 2.10. The van der Waals surface area contributed by atoms with E-state index in [1.807, 2.05) is 19.3 Å². The number of hydrogen-bond acceptors (Lipinski definition) is 5. The highest BCUT2D eigenvalue weighted by molar-refractivity contribution is 5.67. The molecule has 3 rings (SSSR count). The number of pyridine rings is 1. The fraction of sp³-hybridized carbons (Fsp3) is 0.231. The van der Waals surface area contributed by atoms with Crippen LogP contribution in [-0.4, -0.2) is 36.6 Å². The van der Waals surface area contributed by atoms with Crippen molar-refractivity contribution in [3.05, 3.63) is 42.9 Å². The summed E-state index contributed by atoms with van der Waals surface area (Å²) in [5.41, 5.74) is 2.91. The van der Waals surface area contributed by atoms with Gasteiger partial charge in [-0.2, -0.15) is 10.2 Å². The molecule has 0 aliphatic rings. The molecule has 0 saturated carbocycles. The molecular weight excluding hydrogens is 256 g/mol. The van der Waals surface area contributed by atoms with Crippen LogP contribution < -0.4 is 4.74 Å². The lowest BCUT2D eigenvalue weighted by molar-refractivity contribution is 0.399. The van der Waals surface area contributed by atoms with Gasteiger partial charge >= 0.3 is 0 Å². The Bertz CT molecular complexity index is 703. The topological polar surface area (TPSA) is 70.7 Å². The first-order valence-corrected chi connectivity index (χ1v) is 6.10. The number of aromatic nitrogens is 6. The largest absolute Gasteiger partial charge is 0.481 e. The van der Waals surface area contributed by atoms with Crippen molar-refractivity contribution in [1.82, 2.24) is 29.5 Å². The molecule has 0 aliphatic carbocycles. The van der Waals surface area contributed by atoms with Gasteiger partial charge in [-0.3, -0.25) is 4.68 Å². The van der Waals surface area contributed by atoms with Crippen molar-refractivity contribution in [3.8, 4) is 17.0 Å². The molecule has 7 nitrogen and oxygen atoms in total. The molecule has 0 spiro atoms. The Kier molecular flexibility index (Phi) is 3.16. The van der Waals surface area contributed by atoms with Crippen molar-refractivity contribution >= 4 is 0 Å². The molecule has 0 N–H and O–H groups in total. The lowest BCUT2D eigenvalue weighted by atomic mass is 10.1. The van der Waals surface area contributed by atoms with Crippen LogP contribution in [-0.2, 0) is 13.6 Å². The fourth-order valence-electron chi connectivity index (χ4n) is 2.01. The van der Waals surface area contributed by atoms with E-state index in [1.165, 1.54) is 6.33 Å². The zero-order valence-electron chi connectivity index (χ0n) is 11.3. The lowest BCUT2D eigenvalue weighted by Gasteiger charge is -2.08. The molecule has 3 aromatic rings. The number of nitrogens with zero attached hydrogens (tertiary/aromatic N) is 6. The molecular formula is C13H14N6O. The second-order valence-electron chi connectivity index (χ2n) is 4.40. The Morgan fingerprint density at radius 2 is 2.15 bits per heavy atom. The van der Waals surface area contributed by atoms with Crippen molar-refractivity contribution in [2.75, 3.05) is 7.11 Å². The van der Waals surface area contributed by atoms with Crippen molar-refractivity contribution in [2.45, 2.75) is 6.54 Å². The molecule has 0 saturated heterocycles. The molecule has 0 unspecified atom stereocenters. The molecule has 0 bridgehead atoms. The van der Waals surface area contributed by atoms with E-state index in [1.54, 1.807) is 35.2 Å². The first kappa shape index (κ1) is 12.3. The summed E-state index contributed by atoms with van der Waals surface area (Å²) in [6.45, 7) is 0.615. The second-order valence-corrected chi connectivity index (χ2v) is 4.40. The van der Waals surface area contributed by atoms with E-state index < -0.39 is 0 Å². The van der Waals surface area contributed by atoms with Crippen molar-refractivity contribution < 1.29 is 4.74 Å². The van der Waals surface area contributed by atoms with Crippen molar-refractivity contribution in [1.29, 1.82) is 0 Å². The first-order chi connectivity index (χ1) is 9.76. The Morgan fingerprint density at radius 1 is 1.25 bits per heavy atom. The van der Waals surface area contributed by atoms with Gasteiger partial charge in [-0.05, 0) is 11.6 Å². The maximum atomic E-state index is 5.32. The average Bonchev–Trinajstić information content (AvgIpc) is 3.10. The van der Waals surface area contributed by atoms with Crippen LogP contribution in [0, 0.1) is 0 Å². The summed E-state index contributed by atoms with van der Waals surface area (Å²) >= 11 is 0. The Morgan fingerprint density at radius 3 is 2.80 bits per heavy atom. The van der Waals surface area contributed by atoms with Gasteiger partial charge < -0.3 is 4.74 Å². The van der Waals surface area contributed by atoms with E-state index in [0.29, 0.717) is 12.4 Å². The standard InChI is InChI=1S/C13H14N6O/c1-18-7-11(5-16-18)12-3-10(4-15-13(12)20-2)6-19-9-14-8-17-19/h3-5,7-9H,6H2,1-2H3. The number of ether oxygens (including phenoxy) is 1. The second kappa shape index (κ2) is 5.12. The highest BCUT2D eigenvalue weighted by Crippen LogP contribution is 2.28. The molecule has 0 atom stereocenters. The van der Waals surface area contributed by atoms with Gasteiger partial charge in [0.15, 0.2) is 0 Å². The van der Waals surface area contributed by atoms with E-state index in [2.05, 4.69) is 20.2 Å². The van der Waals surface area contributed by atoms with Crippen LogP contribution in [0.2, 0.25) is 0 Å².